The molecule has 3 N–H and O–H groups in total. The van der Waals surface area contributed by atoms with Gasteiger partial charge in [-0.2, -0.15) is 0 Å². The quantitative estimate of drug-likeness (QED) is 0.620. The van der Waals surface area contributed by atoms with Gasteiger partial charge in [0, 0.05) is 29.6 Å². The number of H-pyrrole nitrogens is 1. The molecule has 0 unspecified atom stereocenters. The molecular formula is C12H9N3O2. The molecule has 0 amide bonds. The molecule has 0 fully saturated rings. The average Bonchev–Trinajstić information content (AvgIpc) is 2.72. The molecule has 2 aromatic heterocycles. The van der Waals surface area contributed by atoms with Gasteiger partial charge in [-0.15, -0.1) is 0 Å². The van der Waals surface area contributed by atoms with E-state index < -0.39 is 0 Å². The zero-order valence-corrected chi connectivity index (χ0v) is 8.81. The van der Waals surface area contributed by atoms with Crippen LogP contribution in [0.2, 0.25) is 0 Å². The maximum atomic E-state index is 11.2. The van der Waals surface area contributed by atoms with Crippen molar-refractivity contribution in [2.75, 3.05) is 5.73 Å². The van der Waals surface area contributed by atoms with Crippen molar-refractivity contribution in [2.45, 2.75) is 0 Å². The number of nitrogen functional groups attached to an aromatic ring is 1. The highest BCUT2D eigenvalue weighted by Crippen LogP contribution is 2.24. The Kier molecular flexibility index (Phi) is 1.98. The third-order valence-electron chi connectivity index (χ3n) is 2.43. The van der Waals surface area contributed by atoms with Crippen LogP contribution in [0.4, 0.5) is 5.69 Å². The van der Waals surface area contributed by atoms with Crippen molar-refractivity contribution in [1.29, 1.82) is 0 Å². The van der Waals surface area contributed by atoms with Crippen LogP contribution in [0, 0.1) is 0 Å². The second kappa shape index (κ2) is 3.48. The van der Waals surface area contributed by atoms with E-state index in [1.807, 2.05) is 0 Å². The van der Waals surface area contributed by atoms with E-state index in [1.165, 1.54) is 6.07 Å². The summed E-state index contributed by atoms with van der Waals surface area (Å²) in [7, 11) is 0. The molecular weight excluding hydrogens is 218 g/mol. The van der Waals surface area contributed by atoms with E-state index in [-0.39, 0.29) is 5.56 Å². The number of pyridine rings is 1. The van der Waals surface area contributed by atoms with Crippen molar-refractivity contribution >= 4 is 16.8 Å². The lowest BCUT2D eigenvalue weighted by atomic mass is 10.3. The van der Waals surface area contributed by atoms with Crippen LogP contribution in [-0.4, -0.2) is 9.97 Å². The van der Waals surface area contributed by atoms with E-state index in [0.29, 0.717) is 22.7 Å². The van der Waals surface area contributed by atoms with Crippen LogP contribution in [0.25, 0.3) is 22.6 Å². The molecule has 0 spiro atoms. The first-order valence-corrected chi connectivity index (χ1v) is 5.07. The first-order valence-electron chi connectivity index (χ1n) is 5.07. The molecule has 0 saturated carbocycles. The molecule has 0 atom stereocenters. The number of fused-ring (bicyclic) bond motifs is 1. The highest BCUT2D eigenvalue weighted by Gasteiger charge is 2.08. The second-order valence-electron chi connectivity index (χ2n) is 3.69. The number of hydrogen-bond acceptors (Lipinski definition) is 4. The molecule has 0 bridgehead atoms. The number of aromatic amines is 1. The van der Waals surface area contributed by atoms with Crippen LogP contribution in [0.5, 0.6) is 0 Å². The standard InChI is InChI=1S/C12H9N3O2/c13-8-1-2-9-10(6-8)17-12(15-9)7-3-4-14-11(16)5-7/h1-6H,13H2,(H,14,16). The molecule has 2 heterocycles. The predicted octanol–water partition coefficient (Wildman–Crippen LogP) is 1.77. The third kappa shape index (κ3) is 1.67. The fourth-order valence-electron chi connectivity index (χ4n) is 1.64. The number of nitrogens with zero attached hydrogens (tertiary/aromatic N) is 1. The second-order valence-corrected chi connectivity index (χ2v) is 3.69. The Morgan fingerprint density at radius 2 is 2.12 bits per heavy atom. The molecule has 0 aliphatic rings. The summed E-state index contributed by atoms with van der Waals surface area (Å²) in [6, 6.07) is 8.42. The number of aromatic nitrogens is 2. The number of hydrogen-bond donors (Lipinski definition) is 2. The van der Waals surface area contributed by atoms with Gasteiger partial charge in [-0.3, -0.25) is 4.79 Å². The molecule has 17 heavy (non-hydrogen) atoms. The Hall–Kier alpha value is -2.56. The number of nitrogens with one attached hydrogen (secondary N) is 1. The van der Waals surface area contributed by atoms with Crippen LogP contribution in [0.1, 0.15) is 0 Å². The van der Waals surface area contributed by atoms with Crippen molar-refractivity contribution in [1.82, 2.24) is 9.97 Å². The minimum absolute atomic E-state index is 0.190. The summed E-state index contributed by atoms with van der Waals surface area (Å²) in [6.45, 7) is 0. The van der Waals surface area contributed by atoms with Gasteiger partial charge in [0.15, 0.2) is 5.58 Å². The van der Waals surface area contributed by atoms with E-state index in [4.69, 9.17) is 10.2 Å². The molecule has 0 aliphatic heterocycles. The monoisotopic (exact) mass is 227 g/mol. The predicted molar refractivity (Wildman–Crippen MR) is 64.5 cm³/mol. The van der Waals surface area contributed by atoms with E-state index in [2.05, 4.69) is 9.97 Å². The van der Waals surface area contributed by atoms with Crippen LogP contribution in [-0.2, 0) is 0 Å². The zero-order chi connectivity index (χ0) is 11.8. The first kappa shape index (κ1) is 9.65. The summed E-state index contributed by atoms with van der Waals surface area (Å²) < 4.78 is 5.55. The van der Waals surface area contributed by atoms with E-state index >= 15 is 0 Å². The van der Waals surface area contributed by atoms with Crippen molar-refractivity contribution in [3.05, 3.63) is 46.9 Å². The van der Waals surface area contributed by atoms with Gasteiger partial charge in [0.25, 0.3) is 0 Å². The molecule has 0 aliphatic carbocycles. The number of benzene rings is 1. The van der Waals surface area contributed by atoms with Gasteiger partial charge >= 0.3 is 0 Å². The molecule has 1 aromatic carbocycles. The van der Waals surface area contributed by atoms with Crippen molar-refractivity contribution in [3.63, 3.8) is 0 Å². The van der Waals surface area contributed by atoms with Gasteiger partial charge in [-0.1, -0.05) is 0 Å². The number of oxazole rings is 1. The van der Waals surface area contributed by atoms with Crippen molar-refractivity contribution in [3.8, 4) is 11.5 Å². The Labute approximate surface area is 95.9 Å². The topological polar surface area (TPSA) is 84.9 Å². The summed E-state index contributed by atoms with van der Waals surface area (Å²) in [4.78, 5) is 18.0. The molecule has 3 rings (SSSR count). The maximum Gasteiger partial charge on any atom is 0.248 e. The Bertz CT molecular complexity index is 743. The number of rotatable bonds is 1. The highest BCUT2D eigenvalue weighted by molar-refractivity contribution is 5.79. The lowest BCUT2D eigenvalue weighted by molar-refractivity contribution is 0.620. The SMILES string of the molecule is Nc1ccc2nc(-c3cc[nH]c(=O)c3)oc2c1. The molecule has 0 saturated heterocycles. The third-order valence-corrected chi connectivity index (χ3v) is 2.43. The largest absolute Gasteiger partial charge is 0.436 e. The minimum Gasteiger partial charge on any atom is -0.436 e. The fraction of sp³-hybridized carbons (Fsp3) is 0. The maximum absolute atomic E-state index is 11.2. The molecule has 5 heteroatoms. The molecule has 3 aromatic rings. The van der Waals surface area contributed by atoms with Crippen LogP contribution >= 0.6 is 0 Å². The molecule has 5 nitrogen and oxygen atoms in total. The van der Waals surface area contributed by atoms with Crippen LogP contribution < -0.4 is 11.3 Å². The molecule has 0 radical (unpaired) electrons. The number of anilines is 1. The smallest absolute Gasteiger partial charge is 0.248 e. The minimum atomic E-state index is -0.190. The van der Waals surface area contributed by atoms with Gasteiger partial charge < -0.3 is 15.1 Å². The first-order chi connectivity index (χ1) is 8.22. The normalized spacial score (nSPS) is 10.8. The van der Waals surface area contributed by atoms with Gasteiger partial charge in [0.05, 0.1) is 0 Å². The summed E-state index contributed by atoms with van der Waals surface area (Å²) in [5.41, 5.74) is 8.05. The lowest BCUT2D eigenvalue weighted by Gasteiger charge is -1.91. The van der Waals surface area contributed by atoms with E-state index in [1.54, 1.807) is 30.5 Å². The van der Waals surface area contributed by atoms with Gasteiger partial charge in [-0.25, -0.2) is 4.98 Å². The van der Waals surface area contributed by atoms with Gasteiger partial charge in [-0.05, 0) is 18.2 Å². The van der Waals surface area contributed by atoms with Gasteiger partial charge in [0.1, 0.15) is 5.52 Å². The van der Waals surface area contributed by atoms with Crippen molar-refractivity contribution in [2.24, 2.45) is 0 Å². The summed E-state index contributed by atoms with van der Waals surface area (Å²) >= 11 is 0. The summed E-state index contributed by atoms with van der Waals surface area (Å²) in [5.74, 6) is 0.414. The molecule has 84 valence electrons. The fourth-order valence-corrected chi connectivity index (χ4v) is 1.64. The summed E-state index contributed by atoms with van der Waals surface area (Å²) in [6.07, 6.45) is 1.56. The van der Waals surface area contributed by atoms with E-state index in [9.17, 15) is 4.79 Å². The summed E-state index contributed by atoms with van der Waals surface area (Å²) in [5, 5.41) is 0. The Morgan fingerprint density at radius 1 is 1.24 bits per heavy atom. The number of nitrogens with two attached hydrogens (primary N) is 1. The average molecular weight is 227 g/mol. The zero-order valence-electron chi connectivity index (χ0n) is 8.81. The Balaban J connectivity index is 2.21. The lowest BCUT2D eigenvalue weighted by Crippen LogP contribution is -2.01. The van der Waals surface area contributed by atoms with Crippen LogP contribution in [0.3, 0.4) is 0 Å². The van der Waals surface area contributed by atoms with Crippen LogP contribution in [0.15, 0.2) is 45.7 Å². The Morgan fingerprint density at radius 3 is 2.94 bits per heavy atom. The van der Waals surface area contributed by atoms with Crippen molar-refractivity contribution < 1.29 is 4.42 Å². The van der Waals surface area contributed by atoms with Gasteiger partial charge in [0.2, 0.25) is 11.4 Å². The van der Waals surface area contributed by atoms with E-state index in [0.717, 1.165) is 5.52 Å². The highest BCUT2D eigenvalue weighted by atomic mass is 16.3.